The van der Waals surface area contributed by atoms with Gasteiger partial charge in [-0.2, -0.15) is 0 Å². The van der Waals surface area contributed by atoms with Gasteiger partial charge in [-0.15, -0.1) is 0 Å². The first-order valence-electron chi connectivity index (χ1n) is 8.90. The number of amides is 4. The molecule has 1 aromatic carbocycles. The number of rotatable bonds is 3. The van der Waals surface area contributed by atoms with E-state index in [1.54, 1.807) is 29.2 Å². The summed E-state index contributed by atoms with van der Waals surface area (Å²) in [4.78, 5) is 41.9. The Morgan fingerprint density at radius 1 is 1.08 bits per heavy atom. The third-order valence-corrected chi connectivity index (χ3v) is 5.08. The molecule has 2 saturated heterocycles. The molecule has 2 aliphatic rings. The molecule has 2 heterocycles. The number of nitrogens with zero attached hydrogens (tertiary/aromatic N) is 3. The maximum absolute atomic E-state index is 12.6. The summed E-state index contributed by atoms with van der Waals surface area (Å²) < 4.78 is 0. The van der Waals surface area contributed by atoms with Gasteiger partial charge in [0.2, 0.25) is 11.8 Å². The summed E-state index contributed by atoms with van der Waals surface area (Å²) in [5.74, 6) is -0.371. The van der Waals surface area contributed by atoms with Crippen LogP contribution < -0.4 is 11.1 Å². The summed E-state index contributed by atoms with van der Waals surface area (Å²) in [6.07, 6.45) is 1.96. The van der Waals surface area contributed by atoms with Gasteiger partial charge in [-0.05, 0) is 44.6 Å². The number of carbonyl (C=O) groups excluding carboxylic acids is 3. The van der Waals surface area contributed by atoms with Crippen LogP contribution in [0, 0.1) is 0 Å². The number of hydrogen-bond acceptors (Lipinski definition) is 4. The van der Waals surface area contributed by atoms with Crippen molar-refractivity contribution in [1.29, 1.82) is 0 Å². The van der Waals surface area contributed by atoms with E-state index in [-0.39, 0.29) is 18.0 Å². The Bertz CT molecular complexity index is 700. The van der Waals surface area contributed by atoms with Crippen LogP contribution in [0.5, 0.6) is 0 Å². The molecule has 3 N–H and O–H groups in total. The molecule has 0 aliphatic carbocycles. The maximum atomic E-state index is 12.6. The zero-order valence-corrected chi connectivity index (χ0v) is 15.0. The number of hydrogen-bond donors (Lipinski definition) is 2. The van der Waals surface area contributed by atoms with Crippen LogP contribution >= 0.6 is 0 Å². The topological polar surface area (TPSA) is 99.0 Å². The van der Waals surface area contributed by atoms with Gasteiger partial charge >= 0.3 is 6.03 Å². The van der Waals surface area contributed by atoms with Gasteiger partial charge in [0.05, 0.1) is 6.04 Å². The molecule has 1 aromatic rings. The monoisotopic (exact) mass is 359 g/mol. The lowest BCUT2D eigenvalue weighted by atomic mass is 10.1. The number of nitrogens with one attached hydrogen (secondary N) is 1. The zero-order chi connectivity index (χ0) is 18.7. The molecule has 2 aliphatic heterocycles. The molecule has 0 bridgehead atoms. The van der Waals surface area contributed by atoms with E-state index in [9.17, 15) is 14.4 Å². The number of likely N-dealkylation sites (N-methyl/N-ethyl adjacent to an activating group) is 1. The number of primary amides is 1. The number of benzene rings is 1. The second-order valence-corrected chi connectivity index (χ2v) is 6.83. The largest absolute Gasteiger partial charge is 0.366 e. The van der Waals surface area contributed by atoms with Crippen LogP contribution in [0.4, 0.5) is 10.5 Å². The summed E-state index contributed by atoms with van der Waals surface area (Å²) in [6, 6.07) is 6.27. The number of piperazine rings is 1. The van der Waals surface area contributed by atoms with Crippen molar-refractivity contribution >= 4 is 23.5 Å². The summed E-state index contributed by atoms with van der Waals surface area (Å²) >= 11 is 0. The first kappa shape index (κ1) is 18.2. The van der Waals surface area contributed by atoms with Crippen LogP contribution in [0.15, 0.2) is 24.3 Å². The molecule has 3 rings (SSSR count). The van der Waals surface area contributed by atoms with Gasteiger partial charge in [0.25, 0.3) is 0 Å². The average molecular weight is 359 g/mol. The minimum Gasteiger partial charge on any atom is -0.366 e. The Kier molecular flexibility index (Phi) is 5.41. The van der Waals surface area contributed by atoms with Crippen LogP contribution in [-0.4, -0.2) is 78.4 Å². The van der Waals surface area contributed by atoms with E-state index in [2.05, 4.69) is 10.2 Å². The van der Waals surface area contributed by atoms with E-state index in [1.807, 2.05) is 11.9 Å². The Morgan fingerprint density at radius 2 is 1.77 bits per heavy atom. The Morgan fingerprint density at radius 3 is 2.38 bits per heavy atom. The molecule has 8 heteroatoms. The van der Waals surface area contributed by atoms with Crippen molar-refractivity contribution in [1.82, 2.24) is 14.7 Å². The van der Waals surface area contributed by atoms with Crippen LogP contribution in [0.25, 0.3) is 0 Å². The molecule has 0 radical (unpaired) electrons. The third kappa shape index (κ3) is 3.96. The number of carbonyl (C=O) groups is 3. The predicted octanol–water partition coefficient (Wildman–Crippen LogP) is 0.556. The fourth-order valence-electron chi connectivity index (χ4n) is 3.52. The molecule has 4 amide bonds. The lowest BCUT2D eigenvalue weighted by molar-refractivity contribution is -0.136. The number of nitrogens with two attached hydrogens (primary N) is 1. The zero-order valence-electron chi connectivity index (χ0n) is 15.0. The number of likely N-dealkylation sites (tertiary alicyclic amines) is 1. The van der Waals surface area contributed by atoms with Crippen molar-refractivity contribution in [3.05, 3.63) is 29.8 Å². The SMILES string of the molecule is CN1CCCC1C(=O)N1CCN(C(=O)Nc2cccc(C(N)=O)c2)CC1. The first-order chi connectivity index (χ1) is 12.5. The van der Waals surface area contributed by atoms with E-state index in [4.69, 9.17) is 5.73 Å². The van der Waals surface area contributed by atoms with Crippen LogP contribution in [0.2, 0.25) is 0 Å². The van der Waals surface area contributed by atoms with E-state index < -0.39 is 5.91 Å². The fourth-order valence-corrected chi connectivity index (χ4v) is 3.52. The van der Waals surface area contributed by atoms with Crippen molar-refractivity contribution in [3.63, 3.8) is 0 Å². The van der Waals surface area contributed by atoms with Gasteiger partial charge in [0, 0.05) is 37.4 Å². The molecule has 2 fully saturated rings. The van der Waals surface area contributed by atoms with Crippen LogP contribution in [0.3, 0.4) is 0 Å². The third-order valence-electron chi connectivity index (χ3n) is 5.08. The Hall–Kier alpha value is -2.61. The minimum absolute atomic E-state index is 0.0214. The number of urea groups is 1. The fraction of sp³-hybridized carbons (Fsp3) is 0.500. The van der Waals surface area contributed by atoms with Crippen molar-refractivity contribution in [2.75, 3.05) is 45.1 Å². The summed E-state index contributed by atoms with van der Waals surface area (Å²) in [5, 5.41) is 2.78. The molecular weight excluding hydrogens is 334 g/mol. The predicted molar refractivity (Wildman–Crippen MR) is 97.8 cm³/mol. The summed E-state index contributed by atoms with van der Waals surface area (Å²) in [5.41, 5.74) is 6.13. The maximum Gasteiger partial charge on any atom is 0.321 e. The normalized spacial score (nSPS) is 20.9. The van der Waals surface area contributed by atoms with Gasteiger partial charge in [-0.3, -0.25) is 14.5 Å². The van der Waals surface area contributed by atoms with Gasteiger partial charge in [0.15, 0.2) is 0 Å². The molecule has 0 aromatic heterocycles. The van der Waals surface area contributed by atoms with Gasteiger partial charge in [-0.1, -0.05) is 6.07 Å². The molecule has 140 valence electrons. The van der Waals surface area contributed by atoms with Crippen molar-refractivity contribution in [2.45, 2.75) is 18.9 Å². The van der Waals surface area contributed by atoms with E-state index in [1.165, 1.54) is 0 Å². The van der Waals surface area contributed by atoms with Crippen molar-refractivity contribution in [2.24, 2.45) is 5.73 Å². The molecule has 1 unspecified atom stereocenters. The molecule has 8 nitrogen and oxygen atoms in total. The Balaban J connectivity index is 1.53. The molecule has 0 saturated carbocycles. The highest BCUT2D eigenvalue weighted by Gasteiger charge is 2.33. The van der Waals surface area contributed by atoms with E-state index in [0.29, 0.717) is 37.4 Å². The summed E-state index contributed by atoms with van der Waals surface area (Å²) in [7, 11) is 1.99. The highest BCUT2D eigenvalue weighted by atomic mass is 16.2. The van der Waals surface area contributed by atoms with E-state index >= 15 is 0 Å². The van der Waals surface area contributed by atoms with E-state index in [0.717, 1.165) is 19.4 Å². The lowest BCUT2D eigenvalue weighted by Crippen LogP contribution is -2.55. The second kappa shape index (κ2) is 7.74. The van der Waals surface area contributed by atoms with Gasteiger partial charge in [0.1, 0.15) is 0 Å². The molecule has 1 atom stereocenters. The van der Waals surface area contributed by atoms with Crippen molar-refractivity contribution in [3.8, 4) is 0 Å². The second-order valence-electron chi connectivity index (χ2n) is 6.83. The van der Waals surface area contributed by atoms with Gasteiger partial charge in [-0.25, -0.2) is 4.79 Å². The van der Waals surface area contributed by atoms with Gasteiger partial charge < -0.3 is 20.9 Å². The first-order valence-corrected chi connectivity index (χ1v) is 8.90. The summed E-state index contributed by atoms with van der Waals surface area (Å²) in [6.45, 7) is 3.02. The average Bonchev–Trinajstić information content (AvgIpc) is 3.07. The lowest BCUT2D eigenvalue weighted by Gasteiger charge is -2.36. The molecule has 0 spiro atoms. The minimum atomic E-state index is -0.537. The standard InChI is InChI=1S/C18H25N5O3/c1-21-7-3-6-15(21)17(25)22-8-10-23(11-9-22)18(26)20-14-5-2-4-13(12-14)16(19)24/h2,4-5,12,15H,3,6-11H2,1H3,(H2,19,24)(H,20,26). The smallest absolute Gasteiger partial charge is 0.321 e. The number of anilines is 1. The van der Waals surface area contributed by atoms with Crippen LogP contribution in [-0.2, 0) is 4.79 Å². The molecular formula is C18H25N5O3. The Labute approximate surface area is 152 Å². The highest BCUT2D eigenvalue weighted by Crippen LogP contribution is 2.18. The highest BCUT2D eigenvalue weighted by molar-refractivity contribution is 5.96. The quantitative estimate of drug-likeness (QED) is 0.823. The van der Waals surface area contributed by atoms with Crippen LogP contribution in [0.1, 0.15) is 23.2 Å². The molecule has 26 heavy (non-hydrogen) atoms. The van der Waals surface area contributed by atoms with Crippen molar-refractivity contribution < 1.29 is 14.4 Å².